The van der Waals surface area contributed by atoms with E-state index in [2.05, 4.69) is 0 Å². The topological polar surface area (TPSA) is 115 Å². The molecule has 96 valence electrons. The second-order valence-corrected chi connectivity index (χ2v) is 3.31. The lowest BCUT2D eigenvalue weighted by Gasteiger charge is -2.12. The molecule has 0 amide bonds. The molecule has 1 aromatic rings. The number of halogens is 2. The van der Waals surface area contributed by atoms with E-state index in [9.17, 15) is 19.6 Å². The van der Waals surface area contributed by atoms with Gasteiger partial charge in [-0.1, -0.05) is 0 Å². The molecule has 1 rings (SSSR count). The SMILES string of the molecule is Cl.NCC[C@@H](N)c1cc([N+](=O)[O-])cc(F)c1O. The quantitative estimate of drug-likeness (QED) is 0.559. The van der Waals surface area contributed by atoms with Crippen molar-refractivity contribution in [2.75, 3.05) is 6.54 Å². The second kappa shape index (κ2) is 6.33. The van der Waals surface area contributed by atoms with Gasteiger partial charge in [0, 0.05) is 17.7 Å². The lowest BCUT2D eigenvalue weighted by molar-refractivity contribution is -0.385. The summed E-state index contributed by atoms with van der Waals surface area (Å²) in [5, 5.41) is 19.9. The van der Waals surface area contributed by atoms with Crippen LogP contribution in [0.3, 0.4) is 0 Å². The highest BCUT2D eigenvalue weighted by atomic mass is 35.5. The maximum Gasteiger partial charge on any atom is 0.272 e. The van der Waals surface area contributed by atoms with Crippen molar-refractivity contribution in [2.45, 2.75) is 12.5 Å². The Morgan fingerprint density at radius 1 is 1.53 bits per heavy atom. The predicted molar refractivity (Wildman–Crippen MR) is 62.6 cm³/mol. The van der Waals surface area contributed by atoms with Crippen LogP contribution in [0.1, 0.15) is 18.0 Å². The first kappa shape index (κ1) is 15.6. The molecule has 1 atom stereocenters. The number of benzene rings is 1. The summed E-state index contributed by atoms with van der Waals surface area (Å²) in [6, 6.07) is 0.978. The summed E-state index contributed by atoms with van der Waals surface area (Å²) < 4.78 is 13.2. The van der Waals surface area contributed by atoms with Gasteiger partial charge in [0.05, 0.1) is 11.0 Å². The Hall–Kier alpha value is -1.44. The van der Waals surface area contributed by atoms with Crippen LogP contribution in [0.5, 0.6) is 5.75 Å². The number of hydrogen-bond donors (Lipinski definition) is 3. The number of hydrogen-bond acceptors (Lipinski definition) is 5. The molecular formula is C9H13ClFN3O3. The minimum atomic E-state index is -1.06. The fraction of sp³-hybridized carbons (Fsp3) is 0.333. The number of nitro benzene ring substituents is 1. The van der Waals surface area contributed by atoms with Crippen molar-refractivity contribution in [1.82, 2.24) is 0 Å². The highest BCUT2D eigenvalue weighted by molar-refractivity contribution is 5.85. The Labute approximate surface area is 103 Å². The van der Waals surface area contributed by atoms with Gasteiger partial charge in [-0.2, -0.15) is 0 Å². The number of non-ortho nitro benzene ring substituents is 1. The maximum atomic E-state index is 13.2. The fourth-order valence-corrected chi connectivity index (χ4v) is 1.33. The van der Waals surface area contributed by atoms with Gasteiger partial charge < -0.3 is 16.6 Å². The molecule has 17 heavy (non-hydrogen) atoms. The van der Waals surface area contributed by atoms with E-state index in [0.717, 1.165) is 6.07 Å². The van der Waals surface area contributed by atoms with Gasteiger partial charge in [-0.05, 0) is 13.0 Å². The number of phenols is 1. The predicted octanol–water partition coefficient (Wildman–Crippen LogP) is 1.21. The molecule has 0 aliphatic heterocycles. The zero-order valence-corrected chi connectivity index (χ0v) is 9.61. The minimum absolute atomic E-state index is 0. The molecule has 0 aliphatic rings. The molecule has 0 aliphatic carbocycles. The van der Waals surface area contributed by atoms with Gasteiger partial charge in [0.15, 0.2) is 11.6 Å². The first-order chi connectivity index (χ1) is 7.47. The highest BCUT2D eigenvalue weighted by Gasteiger charge is 2.19. The Balaban J connectivity index is 0.00000256. The van der Waals surface area contributed by atoms with Crippen LogP contribution in [0, 0.1) is 15.9 Å². The van der Waals surface area contributed by atoms with Crippen molar-refractivity contribution in [1.29, 1.82) is 0 Å². The van der Waals surface area contributed by atoms with Gasteiger partial charge in [-0.3, -0.25) is 10.1 Å². The van der Waals surface area contributed by atoms with E-state index >= 15 is 0 Å². The van der Waals surface area contributed by atoms with Crippen LogP contribution in [0.2, 0.25) is 0 Å². The molecule has 0 radical (unpaired) electrons. The van der Waals surface area contributed by atoms with E-state index in [-0.39, 0.29) is 24.5 Å². The smallest absolute Gasteiger partial charge is 0.272 e. The van der Waals surface area contributed by atoms with Crippen LogP contribution in [-0.4, -0.2) is 16.6 Å². The Morgan fingerprint density at radius 3 is 2.59 bits per heavy atom. The molecule has 6 nitrogen and oxygen atoms in total. The van der Waals surface area contributed by atoms with Gasteiger partial charge in [0.2, 0.25) is 0 Å². The number of phenolic OH excluding ortho intramolecular Hbond substituents is 1. The van der Waals surface area contributed by atoms with Crippen molar-refractivity contribution in [3.8, 4) is 5.75 Å². The van der Waals surface area contributed by atoms with Crippen LogP contribution in [0.15, 0.2) is 12.1 Å². The molecule has 0 bridgehead atoms. The summed E-state index contributed by atoms with van der Waals surface area (Å²) in [6.07, 6.45) is 0.300. The van der Waals surface area contributed by atoms with Crippen LogP contribution in [0.4, 0.5) is 10.1 Å². The molecule has 5 N–H and O–H groups in total. The third-order valence-corrected chi connectivity index (χ3v) is 2.17. The average Bonchev–Trinajstić information content (AvgIpc) is 2.21. The third kappa shape index (κ3) is 3.52. The molecule has 8 heteroatoms. The van der Waals surface area contributed by atoms with Gasteiger partial charge in [0.25, 0.3) is 5.69 Å². The minimum Gasteiger partial charge on any atom is -0.505 e. The van der Waals surface area contributed by atoms with E-state index in [1.54, 1.807) is 0 Å². The zero-order valence-electron chi connectivity index (χ0n) is 8.80. The first-order valence-electron chi connectivity index (χ1n) is 4.59. The average molecular weight is 266 g/mol. The number of nitrogens with two attached hydrogens (primary N) is 2. The molecule has 1 aromatic carbocycles. The molecule has 0 fully saturated rings. The van der Waals surface area contributed by atoms with Crippen LogP contribution in [0.25, 0.3) is 0 Å². The monoisotopic (exact) mass is 265 g/mol. The zero-order chi connectivity index (χ0) is 12.3. The van der Waals surface area contributed by atoms with Crippen LogP contribution in [-0.2, 0) is 0 Å². The summed E-state index contributed by atoms with van der Waals surface area (Å²) in [4.78, 5) is 9.74. The van der Waals surface area contributed by atoms with Crippen molar-refractivity contribution in [2.24, 2.45) is 11.5 Å². The third-order valence-electron chi connectivity index (χ3n) is 2.17. The van der Waals surface area contributed by atoms with E-state index in [1.165, 1.54) is 0 Å². The maximum absolute atomic E-state index is 13.2. The Kier molecular flexibility index (Phi) is 5.80. The highest BCUT2D eigenvalue weighted by Crippen LogP contribution is 2.31. The fourth-order valence-electron chi connectivity index (χ4n) is 1.33. The van der Waals surface area contributed by atoms with Gasteiger partial charge in [-0.25, -0.2) is 4.39 Å². The number of rotatable bonds is 4. The largest absolute Gasteiger partial charge is 0.505 e. The van der Waals surface area contributed by atoms with Crippen molar-refractivity contribution in [3.05, 3.63) is 33.6 Å². The van der Waals surface area contributed by atoms with E-state index < -0.39 is 28.2 Å². The number of nitro groups is 1. The summed E-state index contributed by atoms with van der Waals surface area (Å²) in [6.45, 7) is 0.241. The number of aromatic hydroxyl groups is 1. The van der Waals surface area contributed by atoms with Gasteiger partial charge >= 0.3 is 0 Å². The molecule has 0 saturated carbocycles. The number of nitrogens with zero attached hydrogens (tertiary/aromatic N) is 1. The van der Waals surface area contributed by atoms with Crippen molar-refractivity contribution >= 4 is 18.1 Å². The standard InChI is InChI=1S/C9H12FN3O3.ClH/c10-7-4-5(13(15)16)3-6(9(7)14)8(12)1-2-11;/h3-4,8,14H,1-2,11-12H2;1H/t8-;/m1./s1. The normalized spacial score (nSPS) is 11.7. The summed E-state index contributed by atoms with van der Waals surface area (Å²) in [5.74, 6) is -1.72. The van der Waals surface area contributed by atoms with Crippen LogP contribution < -0.4 is 11.5 Å². The Morgan fingerprint density at radius 2 is 2.12 bits per heavy atom. The first-order valence-corrected chi connectivity index (χ1v) is 4.59. The Bertz CT molecular complexity index is 417. The molecule has 0 saturated heterocycles. The molecule has 0 aromatic heterocycles. The summed E-state index contributed by atoms with van der Waals surface area (Å²) in [5.41, 5.74) is 10.4. The van der Waals surface area contributed by atoms with Crippen molar-refractivity contribution in [3.63, 3.8) is 0 Å². The molecule has 0 spiro atoms. The van der Waals surface area contributed by atoms with Gasteiger partial charge in [0.1, 0.15) is 0 Å². The lowest BCUT2D eigenvalue weighted by Crippen LogP contribution is -2.16. The van der Waals surface area contributed by atoms with Crippen molar-refractivity contribution < 1.29 is 14.4 Å². The summed E-state index contributed by atoms with van der Waals surface area (Å²) >= 11 is 0. The second-order valence-electron chi connectivity index (χ2n) is 3.31. The lowest BCUT2D eigenvalue weighted by atomic mass is 10.0. The van der Waals surface area contributed by atoms with Gasteiger partial charge in [-0.15, -0.1) is 12.4 Å². The molecular weight excluding hydrogens is 253 g/mol. The molecule has 0 unspecified atom stereocenters. The summed E-state index contributed by atoms with van der Waals surface area (Å²) in [7, 11) is 0. The van der Waals surface area contributed by atoms with Crippen LogP contribution >= 0.6 is 12.4 Å². The van der Waals surface area contributed by atoms with E-state index in [1.807, 2.05) is 0 Å². The van der Waals surface area contributed by atoms with E-state index in [4.69, 9.17) is 11.5 Å². The van der Waals surface area contributed by atoms with E-state index in [0.29, 0.717) is 12.5 Å². The molecule has 0 heterocycles.